The SMILES string of the molecule is COc1c(O)cc(/C=C2/NC(=O)CN(C)C2=O)c(Br)c1C. The van der Waals surface area contributed by atoms with Crippen molar-refractivity contribution in [3.63, 3.8) is 0 Å². The van der Waals surface area contributed by atoms with Gasteiger partial charge in [0.2, 0.25) is 5.91 Å². The van der Waals surface area contributed by atoms with Crippen LogP contribution >= 0.6 is 15.9 Å². The van der Waals surface area contributed by atoms with Crippen LogP contribution in [0.3, 0.4) is 0 Å². The third-order valence-electron chi connectivity index (χ3n) is 3.18. The van der Waals surface area contributed by atoms with Crippen molar-refractivity contribution in [1.82, 2.24) is 10.2 Å². The highest BCUT2D eigenvalue weighted by atomic mass is 79.9. The van der Waals surface area contributed by atoms with Gasteiger partial charge in [-0.2, -0.15) is 0 Å². The summed E-state index contributed by atoms with van der Waals surface area (Å²) in [6.07, 6.45) is 1.52. The van der Waals surface area contributed by atoms with E-state index in [0.717, 1.165) is 0 Å². The fourth-order valence-corrected chi connectivity index (χ4v) is 2.55. The minimum atomic E-state index is -0.283. The highest BCUT2D eigenvalue weighted by molar-refractivity contribution is 9.10. The Balaban J connectivity index is 2.50. The summed E-state index contributed by atoms with van der Waals surface area (Å²) in [7, 11) is 3.02. The van der Waals surface area contributed by atoms with Crippen LogP contribution in [0.15, 0.2) is 16.2 Å². The second-order valence-electron chi connectivity index (χ2n) is 4.72. The van der Waals surface area contributed by atoms with Gasteiger partial charge in [0.05, 0.1) is 13.7 Å². The van der Waals surface area contributed by atoms with Crippen LogP contribution in [0.4, 0.5) is 0 Å². The maximum Gasteiger partial charge on any atom is 0.270 e. The maximum absolute atomic E-state index is 12.0. The van der Waals surface area contributed by atoms with Crippen LogP contribution in [0.5, 0.6) is 11.5 Å². The van der Waals surface area contributed by atoms with Crippen LogP contribution in [0.2, 0.25) is 0 Å². The van der Waals surface area contributed by atoms with E-state index in [9.17, 15) is 14.7 Å². The van der Waals surface area contributed by atoms with Gasteiger partial charge in [-0.1, -0.05) is 0 Å². The first-order valence-electron chi connectivity index (χ1n) is 6.18. The number of benzene rings is 1. The first-order valence-corrected chi connectivity index (χ1v) is 6.97. The summed E-state index contributed by atoms with van der Waals surface area (Å²) in [5.41, 5.74) is 1.44. The molecule has 2 N–H and O–H groups in total. The van der Waals surface area contributed by atoms with Crippen LogP contribution in [0.1, 0.15) is 11.1 Å². The number of carbonyl (C=O) groups excluding carboxylic acids is 2. The lowest BCUT2D eigenvalue weighted by Crippen LogP contribution is -2.47. The van der Waals surface area contributed by atoms with Crippen molar-refractivity contribution in [2.24, 2.45) is 0 Å². The van der Waals surface area contributed by atoms with E-state index in [4.69, 9.17) is 4.74 Å². The Bertz CT molecular complexity index is 655. The van der Waals surface area contributed by atoms with Crippen molar-refractivity contribution >= 4 is 33.8 Å². The minimum Gasteiger partial charge on any atom is -0.504 e. The number of rotatable bonds is 2. The molecular weight excluding hydrogens is 340 g/mol. The number of amides is 2. The van der Waals surface area contributed by atoms with Crippen molar-refractivity contribution in [1.29, 1.82) is 0 Å². The van der Waals surface area contributed by atoms with E-state index < -0.39 is 0 Å². The third-order valence-corrected chi connectivity index (χ3v) is 4.24. The van der Waals surface area contributed by atoms with Gasteiger partial charge in [0.25, 0.3) is 5.91 Å². The van der Waals surface area contributed by atoms with Gasteiger partial charge in [0.15, 0.2) is 11.5 Å². The number of aromatic hydroxyl groups is 1. The zero-order chi connectivity index (χ0) is 15.7. The van der Waals surface area contributed by atoms with Crippen molar-refractivity contribution < 1.29 is 19.4 Å². The predicted molar refractivity (Wildman–Crippen MR) is 80.9 cm³/mol. The molecule has 0 saturated carbocycles. The summed E-state index contributed by atoms with van der Waals surface area (Å²) >= 11 is 3.41. The summed E-state index contributed by atoms with van der Waals surface area (Å²) in [6.45, 7) is 1.81. The first-order chi connectivity index (χ1) is 9.85. The van der Waals surface area contributed by atoms with Gasteiger partial charge < -0.3 is 20.1 Å². The molecule has 21 heavy (non-hydrogen) atoms. The molecular formula is C14H15BrN2O4. The lowest BCUT2D eigenvalue weighted by Gasteiger charge is -2.24. The number of phenols is 1. The summed E-state index contributed by atoms with van der Waals surface area (Å²) in [4.78, 5) is 24.9. The Morgan fingerprint density at radius 3 is 2.76 bits per heavy atom. The molecule has 2 rings (SSSR count). The first kappa shape index (κ1) is 15.4. The van der Waals surface area contributed by atoms with Gasteiger partial charge in [0, 0.05) is 17.1 Å². The van der Waals surface area contributed by atoms with Crippen LogP contribution in [0, 0.1) is 6.92 Å². The lowest BCUT2D eigenvalue weighted by molar-refractivity contribution is -0.135. The standard InChI is InChI=1S/C14H15BrN2O4/c1-7-12(15)8(5-10(18)13(7)21-3)4-9-14(20)17(2)6-11(19)16-9/h4-5,18H,6H2,1-3H3,(H,16,19)/b9-4+. The fraction of sp³-hybridized carbons (Fsp3) is 0.286. The van der Waals surface area contributed by atoms with Gasteiger partial charge >= 0.3 is 0 Å². The highest BCUT2D eigenvalue weighted by Crippen LogP contribution is 2.38. The molecule has 7 heteroatoms. The number of phenolic OH excluding ortho intramolecular Hbond substituents is 1. The normalized spacial score (nSPS) is 17.1. The van der Waals surface area contributed by atoms with Gasteiger partial charge in [-0.25, -0.2) is 0 Å². The molecule has 1 fully saturated rings. The molecule has 0 radical (unpaired) electrons. The predicted octanol–water partition coefficient (Wildman–Crippen LogP) is 1.40. The zero-order valence-corrected chi connectivity index (χ0v) is 13.4. The Kier molecular flexibility index (Phi) is 4.22. The molecule has 1 aromatic rings. The summed E-state index contributed by atoms with van der Waals surface area (Å²) in [5.74, 6) is -0.212. The molecule has 6 nitrogen and oxygen atoms in total. The number of piperazine rings is 1. The summed E-state index contributed by atoms with van der Waals surface area (Å²) in [6, 6.07) is 1.47. The average Bonchev–Trinajstić information content (AvgIpc) is 2.41. The van der Waals surface area contributed by atoms with Gasteiger partial charge in [-0.15, -0.1) is 0 Å². The zero-order valence-electron chi connectivity index (χ0n) is 11.9. The Morgan fingerprint density at radius 2 is 2.14 bits per heavy atom. The molecule has 0 aromatic heterocycles. The van der Waals surface area contributed by atoms with E-state index in [1.165, 1.54) is 24.2 Å². The molecule has 1 aliphatic heterocycles. The average molecular weight is 355 g/mol. The molecule has 2 amide bonds. The van der Waals surface area contributed by atoms with Crippen LogP contribution in [-0.4, -0.2) is 42.5 Å². The third kappa shape index (κ3) is 2.87. The lowest BCUT2D eigenvalue weighted by atomic mass is 10.1. The van der Waals surface area contributed by atoms with Crippen LogP contribution in [-0.2, 0) is 9.59 Å². The van der Waals surface area contributed by atoms with E-state index in [2.05, 4.69) is 21.2 Å². The fourth-order valence-electron chi connectivity index (χ4n) is 2.14. The Labute approximate surface area is 130 Å². The van der Waals surface area contributed by atoms with E-state index in [1.54, 1.807) is 14.0 Å². The summed E-state index contributed by atoms with van der Waals surface area (Å²) < 4.78 is 5.79. The number of hydrogen-bond acceptors (Lipinski definition) is 4. The Hall–Kier alpha value is -2.02. The molecule has 1 heterocycles. The van der Waals surface area contributed by atoms with E-state index in [-0.39, 0.29) is 29.8 Å². The number of nitrogens with zero attached hydrogens (tertiary/aromatic N) is 1. The molecule has 1 aliphatic rings. The second kappa shape index (κ2) is 5.77. The topological polar surface area (TPSA) is 78.9 Å². The number of carbonyl (C=O) groups is 2. The largest absolute Gasteiger partial charge is 0.504 e. The number of methoxy groups -OCH3 is 1. The van der Waals surface area contributed by atoms with Crippen LogP contribution < -0.4 is 10.1 Å². The van der Waals surface area contributed by atoms with Gasteiger partial charge in [-0.05, 0) is 40.6 Å². The monoisotopic (exact) mass is 354 g/mol. The van der Waals surface area contributed by atoms with Crippen LogP contribution in [0.25, 0.3) is 6.08 Å². The van der Waals surface area contributed by atoms with Crippen molar-refractivity contribution in [2.45, 2.75) is 6.92 Å². The highest BCUT2D eigenvalue weighted by Gasteiger charge is 2.25. The summed E-state index contributed by atoms with van der Waals surface area (Å²) in [5, 5.41) is 12.5. The quantitative estimate of drug-likeness (QED) is 0.787. The molecule has 0 spiro atoms. The van der Waals surface area contributed by atoms with E-state index in [0.29, 0.717) is 21.3 Å². The van der Waals surface area contributed by atoms with Crippen molar-refractivity contribution in [2.75, 3.05) is 20.7 Å². The smallest absolute Gasteiger partial charge is 0.270 e. The molecule has 112 valence electrons. The molecule has 1 aromatic carbocycles. The number of likely N-dealkylation sites (N-methyl/N-ethyl adjacent to an activating group) is 1. The molecule has 0 unspecified atom stereocenters. The number of halogens is 1. The molecule has 0 atom stereocenters. The molecule has 0 aliphatic carbocycles. The van der Waals surface area contributed by atoms with E-state index >= 15 is 0 Å². The van der Waals surface area contributed by atoms with Crippen molar-refractivity contribution in [3.8, 4) is 11.5 Å². The number of hydrogen-bond donors (Lipinski definition) is 2. The number of ether oxygens (including phenoxy) is 1. The maximum atomic E-state index is 12.0. The molecule has 0 bridgehead atoms. The van der Waals surface area contributed by atoms with Gasteiger partial charge in [-0.3, -0.25) is 9.59 Å². The molecule has 1 saturated heterocycles. The van der Waals surface area contributed by atoms with Crippen molar-refractivity contribution in [3.05, 3.63) is 27.4 Å². The Morgan fingerprint density at radius 1 is 1.48 bits per heavy atom. The van der Waals surface area contributed by atoms with E-state index in [1.807, 2.05) is 0 Å². The number of nitrogens with one attached hydrogen (secondary N) is 1. The minimum absolute atomic E-state index is 0.0320. The van der Waals surface area contributed by atoms with Gasteiger partial charge in [0.1, 0.15) is 5.70 Å². The second-order valence-corrected chi connectivity index (χ2v) is 5.52.